The number of carbonyl (C=O) groups excluding carboxylic acids is 2. The van der Waals surface area contributed by atoms with Gasteiger partial charge in [-0.3, -0.25) is 14.6 Å². The summed E-state index contributed by atoms with van der Waals surface area (Å²) in [6, 6.07) is 17.9. The third kappa shape index (κ3) is 4.80. The third-order valence-corrected chi connectivity index (χ3v) is 6.48. The Hall–Kier alpha value is -3.54. The van der Waals surface area contributed by atoms with E-state index in [4.69, 9.17) is 0 Å². The van der Waals surface area contributed by atoms with E-state index in [1.807, 2.05) is 35.2 Å². The van der Waals surface area contributed by atoms with Crippen LogP contribution in [0.5, 0.6) is 0 Å². The predicted octanol–water partition coefficient (Wildman–Crippen LogP) is 4.44. The van der Waals surface area contributed by atoms with Gasteiger partial charge in [-0.25, -0.2) is 4.39 Å². The second kappa shape index (κ2) is 9.53. The summed E-state index contributed by atoms with van der Waals surface area (Å²) in [5.74, 6) is -0.204. The zero-order valence-electron chi connectivity index (χ0n) is 19.0. The van der Waals surface area contributed by atoms with Crippen LogP contribution in [0.4, 0.5) is 4.39 Å². The van der Waals surface area contributed by atoms with Crippen LogP contribution >= 0.6 is 0 Å². The summed E-state index contributed by atoms with van der Waals surface area (Å²) in [7, 11) is 3.56. The summed E-state index contributed by atoms with van der Waals surface area (Å²) in [5.41, 5.74) is 2.44. The number of hydrogen-bond donors (Lipinski definition) is 0. The van der Waals surface area contributed by atoms with Gasteiger partial charge in [-0.15, -0.1) is 0 Å². The van der Waals surface area contributed by atoms with E-state index in [2.05, 4.69) is 4.98 Å². The number of aromatic nitrogens is 1. The molecule has 1 fully saturated rings. The SMILES string of the molecule is CN(C)C(=O)C1(Cc2ccc(-c3ccccc3F)cc2)CCN(C(=O)c2ccncc2)CC1. The molecule has 1 aliphatic rings. The van der Waals surface area contributed by atoms with Gasteiger partial charge in [0.1, 0.15) is 5.82 Å². The molecule has 6 heteroatoms. The summed E-state index contributed by atoms with van der Waals surface area (Å²) in [4.78, 5) is 33.6. The van der Waals surface area contributed by atoms with Crippen LogP contribution in [-0.4, -0.2) is 53.8 Å². The first-order chi connectivity index (χ1) is 15.9. The van der Waals surface area contributed by atoms with Crippen molar-refractivity contribution in [3.63, 3.8) is 0 Å². The molecule has 0 unspecified atom stereocenters. The first-order valence-electron chi connectivity index (χ1n) is 11.1. The topological polar surface area (TPSA) is 53.5 Å². The number of halogens is 1. The smallest absolute Gasteiger partial charge is 0.253 e. The highest BCUT2D eigenvalue weighted by Crippen LogP contribution is 2.38. The molecule has 0 aliphatic carbocycles. The Morgan fingerprint density at radius 1 is 0.970 bits per heavy atom. The Morgan fingerprint density at radius 2 is 1.61 bits per heavy atom. The van der Waals surface area contributed by atoms with Crippen molar-refractivity contribution >= 4 is 11.8 Å². The van der Waals surface area contributed by atoms with Crippen LogP contribution in [-0.2, 0) is 11.2 Å². The number of rotatable bonds is 5. The zero-order chi connectivity index (χ0) is 23.4. The Kier molecular flexibility index (Phi) is 6.54. The molecule has 5 nitrogen and oxygen atoms in total. The lowest BCUT2D eigenvalue weighted by atomic mass is 9.72. The molecule has 0 radical (unpaired) electrons. The van der Waals surface area contributed by atoms with Gasteiger partial charge in [0.2, 0.25) is 5.91 Å². The van der Waals surface area contributed by atoms with Crippen molar-refractivity contribution in [3.8, 4) is 11.1 Å². The molecule has 1 aliphatic heterocycles. The van der Waals surface area contributed by atoms with E-state index in [0.29, 0.717) is 43.5 Å². The molecule has 0 atom stereocenters. The highest BCUT2D eigenvalue weighted by molar-refractivity contribution is 5.94. The van der Waals surface area contributed by atoms with Crippen molar-refractivity contribution in [2.45, 2.75) is 19.3 Å². The number of likely N-dealkylation sites (tertiary alicyclic amines) is 1. The van der Waals surface area contributed by atoms with Crippen LogP contribution in [0, 0.1) is 11.2 Å². The summed E-state index contributed by atoms with van der Waals surface area (Å²) < 4.78 is 14.1. The fourth-order valence-corrected chi connectivity index (χ4v) is 4.64. The van der Waals surface area contributed by atoms with E-state index in [1.54, 1.807) is 55.7 Å². The molecule has 3 aromatic rings. The van der Waals surface area contributed by atoms with Crippen LogP contribution in [0.3, 0.4) is 0 Å². The first-order valence-corrected chi connectivity index (χ1v) is 11.1. The summed E-state index contributed by atoms with van der Waals surface area (Å²) in [6.45, 7) is 1.04. The van der Waals surface area contributed by atoms with Crippen molar-refractivity contribution in [3.05, 3.63) is 90.0 Å². The largest absolute Gasteiger partial charge is 0.348 e. The number of carbonyl (C=O) groups is 2. The first kappa shape index (κ1) is 22.6. The lowest BCUT2D eigenvalue weighted by Gasteiger charge is -2.42. The lowest BCUT2D eigenvalue weighted by Crippen LogP contribution is -2.51. The third-order valence-electron chi connectivity index (χ3n) is 6.48. The van der Waals surface area contributed by atoms with Crippen molar-refractivity contribution in [1.82, 2.24) is 14.8 Å². The Labute approximate surface area is 193 Å². The maximum absolute atomic E-state index is 14.1. The molecule has 0 N–H and O–H groups in total. The van der Waals surface area contributed by atoms with Gasteiger partial charge in [0.15, 0.2) is 0 Å². The predicted molar refractivity (Wildman–Crippen MR) is 126 cm³/mol. The molecule has 2 aromatic carbocycles. The molecule has 0 spiro atoms. The molecule has 0 saturated carbocycles. The summed E-state index contributed by atoms with van der Waals surface area (Å²) >= 11 is 0. The fourth-order valence-electron chi connectivity index (χ4n) is 4.64. The normalized spacial score (nSPS) is 15.2. The molecule has 170 valence electrons. The second-order valence-corrected chi connectivity index (χ2v) is 8.86. The van der Waals surface area contributed by atoms with Gasteiger partial charge in [-0.05, 0) is 48.6 Å². The van der Waals surface area contributed by atoms with E-state index in [-0.39, 0.29) is 17.6 Å². The maximum Gasteiger partial charge on any atom is 0.253 e. The van der Waals surface area contributed by atoms with Crippen LogP contribution in [0.2, 0.25) is 0 Å². The van der Waals surface area contributed by atoms with Crippen molar-refractivity contribution in [2.24, 2.45) is 5.41 Å². The van der Waals surface area contributed by atoms with Crippen LogP contribution in [0.25, 0.3) is 11.1 Å². The molecule has 1 saturated heterocycles. The summed E-state index contributed by atoms with van der Waals surface area (Å²) in [6.07, 6.45) is 4.99. The van der Waals surface area contributed by atoms with Crippen LogP contribution in [0.1, 0.15) is 28.8 Å². The highest BCUT2D eigenvalue weighted by Gasteiger charge is 2.43. The highest BCUT2D eigenvalue weighted by atomic mass is 19.1. The van der Waals surface area contributed by atoms with Crippen molar-refractivity contribution in [1.29, 1.82) is 0 Å². The molecule has 2 amide bonds. The van der Waals surface area contributed by atoms with Gasteiger partial charge in [0, 0.05) is 50.7 Å². The second-order valence-electron chi connectivity index (χ2n) is 8.86. The molecule has 2 heterocycles. The zero-order valence-corrected chi connectivity index (χ0v) is 19.0. The standard InChI is InChI=1S/C27H28FN3O2/c1-30(2)26(33)27(13-17-31(18-14-27)25(32)22-11-15-29-16-12-22)19-20-7-9-21(10-8-20)23-5-3-4-6-24(23)28/h3-12,15-16H,13-14,17-19H2,1-2H3. The molecule has 1 aromatic heterocycles. The van der Waals surface area contributed by atoms with Gasteiger partial charge < -0.3 is 9.80 Å². The van der Waals surface area contributed by atoms with Gasteiger partial charge in [0.05, 0.1) is 5.41 Å². The number of nitrogens with zero attached hydrogens (tertiary/aromatic N) is 3. The number of benzene rings is 2. The molecule has 33 heavy (non-hydrogen) atoms. The average molecular weight is 446 g/mol. The van der Waals surface area contributed by atoms with Crippen molar-refractivity contribution in [2.75, 3.05) is 27.2 Å². The molecule has 4 rings (SSSR count). The quantitative estimate of drug-likeness (QED) is 0.583. The minimum atomic E-state index is -0.571. The monoisotopic (exact) mass is 445 g/mol. The Morgan fingerprint density at radius 3 is 2.21 bits per heavy atom. The summed E-state index contributed by atoms with van der Waals surface area (Å²) in [5, 5.41) is 0. The van der Waals surface area contributed by atoms with E-state index in [1.165, 1.54) is 6.07 Å². The van der Waals surface area contributed by atoms with E-state index in [0.717, 1.165) is 11.1 Å². The maximum atomic E-state index is 14.1. The van der Waals surface area contributed by atoms with E-state index < -0.39 is 5.41 Å². The van der Waals surface area contributed by atoms with Gasteiger partial charge in [0.25, 0.3) is 5.91 Å². The van der Waals surface area contributed by atoms with Gasteiger partial charge in [-0.1, -0.05) is 42.5 Å². The Bertz CT molecular complexity index is 1120. The number of piperidine rings is 1. The van der Waals surface area contributed by atoms with Crippen LogP contribution in [0.15, 0.2) is 73.1 Å². The fraction of sp³-hybridized carbons (Fsp3) is 0.296. The molecular weight excluding hydrogens is 417 g/mol. The number of pyridine rings is 1. The Balaban J connectivity index is 1.52. The van der Waals surface area contributed by atoms with Gasteiger partial charge in [-0.2, -0.15) is 0 Å². The lowest BCUT2D eigenvalue weighted by molar-refractivity contribution is -0.142. The molecule has 0 bridgehead atoms. The molecular formula is C27H28FN3O2. The van der Waals surface area contributed by atoms with E-state index in [9.17, 15) is 14.0 Å². The number of hydrogen-bond acceptors (Lipinski definition) is 3. The minimum Gasteiger partial charge on any atom is -0.348 e. The van der Waals surface area contributed by atoms with Gasteiger partial charge >= 0.3 is 0 Å². The average Bonchev–Trinajstić information content (AvgIpc) is 2.85. The van der Waals surface area contributed by atoms with E-state index >= 15 is 0 Å². The van der Waals surface area contributed by atoms with Crippen LogP contribution < -0.4 is 0 Å². The minimum absolute atomic E-state index is 0.0301. The number of amides is 2. The van der Waals surface area contributed by atoms with Crippen molar-refractivity contribution < 1.29 is 14.0 Å².